The van der Waals surface area contributed by atoms with E-state index in [0.29, 0.717) is 26.9 Å². The summed E-state index contributed by atoms with van der Waals surface area (Å²) in [4.78, 5) is 12.2. The lowest BCUT2D eigenvalue weighted by Gasteiger charge is -2.30. The smallest absolute Gasteiger partial charge is 0.417 e. The number of unbranched alkanes of at least 4 members (excludes halogenated alkanes) is 2. The number of ether oxygens (including phenoxy) is 2. The van der Waals surface area contributed by atoms with E-state index in [0.717, 1.165) is 30.6 Å². The Kier molecular flexibility index (Phi) is 9.98. The van der Waals surface area contributed by atoms with E-state index in [9.17, 15) is 31.1 Å². The van der Waals surface area contributed by atoms with Crippen molar-refractivity contribution < 1.29 is 40.6 Å². The molecule has 0 aliphatic rings. The average Bonchev–Trinajstić information content (AvgIpc) is 3.28. The lowest BCUT2D eigenvalue weighted by molar-refractivity contribution is -0.173. The van der Waals surface area contributed by atoms with Gasteiger partial charge in [-0.2, -0.15) is 26.3 Å². The molecule has 10 heteroatoms. The maximum atomic E-state index is 14.0. The zero-order chi connectivity index (χ0) is 29.7. The van der Waals surface area contributed by atoms with E-state index in [1.54, 1.807) is 30.3 Å². The SMILES string of the molecule is C=C(C)C(=O)OCC(C)(COc1ccc2cc(-c3ccc(CCCCC)cc3C(F)(F)F)sc2c1)CC(F)(F)F. The Bertz CT molecular complexity index is 1340. The number of rotatable bonds is 12. The first kappa shape index (κ1) is 31.5. The molecule has 0 fully saturated rings. The van der Waals surface area contributed by atoms with Gasteiger partial charge in [-0.15, -0.1) is 11.3 Å². The van der Waals surface area contributed by atoms with Crippen LogP contribution in [0.4, 0.5) is 26.3 Å². The Morgan fingerprint density at radius 3 is 2.33 bits per heavy atom. The first-order chi connectivity index (χ1) is 18.6. The number of aryl methyl sites for hydroxylation is 1. The largest absolute Gasteiger partial charge is 0.493 e. The van der Waals surface area contributed by atoms with Crippen LogP contribution in [-0.2, 0) is 22.1 Å². The quantitative estimate of drug-likeness (QED) is 0.0917. The van der Waals surface area contributed by atoms with Gasteiger partial charge < -0.3 is 9.47 Å². The minimum atomic E-state index is -4.53. The summed E-state index contributed by atoms with van der Waals surface area (Å²) in [5, 5.41) is 0.681. The second-order valence-electron chi connectivity index (χ2n) is 10.4. The fraction of sp³-hybridized carbons (Fsp3) is 0.433. The summed E-state index contributed by atoms with van der Waals surface area (Å²) in [5.74, 6) is -0.545. The van der Waals surface area contributed by atoms with Gasteiger partial charge in [-0.3, -0.25) is 0 Å². The summed E-state index contributed by atoms with van der Waals surface area (Å²) in [7, 11) is 0. The monoisotopic (exact) mass is 586 g/mol. The summed E-state index contributed by atoms with van der Waals surface area (Å²) in [6.45, 7) is 7.22. The fourth-order valence-electron chi connectivity index (χ4n) is 4.26. The number of carbonyl (C=O) groups excluding carboxylic acids is 1. The lowest BCUT2D eigenvalue weighted by atomic mass is 9.88. The second kappa shape index (κ2) is 12.7. The number of esters is 1. The van der Waals surface area contributed by atoms with Gasteiger partial charge in [0.1, 0.15) is 12.4 Å². The van der Waals surface area contributed by atoms with Crippen LogP contribution in [0.15, 0.2) is 54.6 Å². The molecule has 0 saturated carbocycles. The molecule has 1 atom stereocenters. The van der Waals surface area contributed by atoms with E-state index >= 15 is 0 Å². The zero-order valence-corrected chi connectivity index (χ0v) is 23.4. The van der Waals surface area contributed by atoms with Gasteiger partial charge in [0.15, 0.2) is 0 Å². The maximum Gasteiger partial charge on any atom is 0.417 e. The molecule has 40 heavy (non-hydrogen) atoms. The number of carbonyl (C=O) groups is 1. The zero-order valence-electron chi connectivity index (χ0n) is 22.6. The van der Waals surface area contributed by atoms with Crippen molar-refractivity contribution in [2.45, 2.75) is 65.2 Å². The molecule has 0 bridgehead atoms. The summed E-state index contributed by atoms with van der Waals surface area (Å²) in [6.07, 6.45) is -7.00. The van der Waals surface area contributed by atoms with E-state index in [1.165, 1.54) is 26.0 Å². The number of halogens is 6. The Balaban J connectivity index is 1.84. The van der Waals surface area contributed by atoms with Crippen LogP contribution in [-0.4, -0.2) is 25.4 Å². The van der Waals surface area contributed by atoms with Crippen LogP contribution in [0.3, 0.4) is 0 Å². The number of alkyl halides is 6. The van der Waals surface area contributed by atoms with E-state index < -0.39 is 48.9 Å². The molecule has 2 aromatic carbocycles. The van der Waals surface area contributed by atoms with Gasteiger partial charge in [0.25, 0.3) is 0 Å². The van der Waals surface area contributed by atoms with E-state index in [1.807, 2.05) is 6.92 Å². The van der Waals surface area contributed by atoms with Crippen molar-refractivity contribution in [2.75, 3.05) is 13.2 Å². The van der Waals surface area contributed by atoms with Crippen molar-refractivity contribution in [1.82, 2.24) is 0 Å². The van der Waals surface area contributed by atoms with Gasteiger partial charge in [-0.1, -0.05) is 45.4 Å². The molecule has 1 heterocycles. The maximum absolute atomic E-state index is 14.0. The van der Waals surface area contributed by atoms with Crippen LogP contribution in [0.2, 0.25) is 0 Å². The molecule has 0 amide bonds. The molecule has 0 N–H and O–H groups in total. The first-order valence-electron chi connectivity index (χ1n) is 12.9. The van der Waals surface area contributed by atoms with Crippen molar-refractivity contribution in [3.63, 3.8) is 0 Å². The van der Waals surface area contributed by atoms with Crippen molar-refractivity contribution >= 4 is 27.4 Å². The predicted molar refractivity (Wildman–Crippen MR) is 146 cm³/mol. The number of thiophene rings is 1. The summed E-state index contributed by atoms with van der Waals surface area (Å²) < 4.78 is 93.0. The van der Waals surface area contributed by atoms with Gasteiger partial charge in [-0.05, 0) is 61.0 Å². The number of benzene rings is 2. The second-order valence-corrected chi connectivity index (χ2v) is 11.5. The molecule has 0 aliphatic carbocycles. The average molecular weight is 587 g/mol. The molecular formula is C30H32F6O3S. The van der Waals surface area contributed by atoms with Crippen LogP contribution in [0, 0.1) is 5.41 Å². The van der Waals surface area contributed by atoms with Crippen molar-refractivity contribution in [3.8, 4) is 16.2 Å². The number of fused-ring (bicyclic) bond motifs is 1. The van der Waals surface area contributed by atoms with Crippen molar-refractivity contribution in [3.05, 3.63) is 65.7 Å². The van der Waals surface area contributed by atoms with Crippen LogP contribution in [0.5, 0.6) is 5.75 Å². The minimum Gasteiger partial charge on any atom is -0.493 e. The standard InChI is InChI=1S/C30H32F6O3S/c1-5-6-7-8-20-9-12-23(24(13-20)30(34,35)36)26-14-21-10-11-22(15-25(21)40-26)38-17-28(4,16-29(31,32)33)18-39-27(37)19(2)3/h9-15H,2,5-8,16-18H2,1,3-4H3. The third kappa shape index (κ3) is 8.74. The molecule has 3 rings (SSSR count). The highest BCUT2D eigenvalue weighted by atomic mass is 32.1. The fourth-order valence-corrected chi connectivity index (χ4v) is 5.39. The molecule has 3 nitrogen and oxygen atoms in total. The van der Waals surface area contributed by atoms with Crippen molar-refractivity contribution in [1.29, 1.82) is 0 Å². The summed E-state index contributed by atoms with van der Waals surface area (Å²) >= 11 is 1.14. The molecule has 1 unspecified atom stereocenters. The molecule has 0 aliphatic heterocycles. The molecule has 218 valence electrons. The Labute approximate surface area is 233 Å². The van der Waals surface area contributed by atoms with Gasteiger partial charge in [0, 0.05) is 26.1 Å². The van der Waals surface area contributed by atoms with Gasteiger partial charge in [-0.25, -0.2) is 4.79 Å². The van der Waals surface area contributed by atoms with Crippen LogP contribution in [0.1, 0.15) is 57.6 Å². The Morgan fingerprint density at radius 1 is 0.975 bits per heavy atom. The molecule has 1 aromatic heterocycles. The van der Waals surface area contributed by atoms with Crippen molar-refractivity contribution in [2.24, 2.45) is 5.41 Å². The highest BCUT2D eigenvalue weighted by Gasteiger charge is 2.41. The van der Waals surface area contributed by atoms with Gasteiger partial charge >= 0.3 is 18.3 Å². The first-order valence-corrected chi connectivity index (χ1v) is 13.7. The molecular weight excluding hydrogens is 554 g/mol. The third-order valence-electron chi connectivity index (χ3n) is 6.33. The molecule has 0 spiro atoms. The van der Waals surface area contributed by atoms with E-state index in [-0.39, 0.29) is 16.9 Å². The minimum absolute atomic E-state index is 0.0639. The van der Waals surface area contributed by atoms with Gasteiger partial charge in [0.2, 0.25) is 0 Å². The Hall–Kier alpha value is -3.01. The van der Waals surface area contributed by atoms with E-state index in [2.05, 4.69) is 6.58 Å². The summed E-state index contributed by atoms with van der Waals surface area (Å²) in [5.41, 5.74) is -1.49. The van der Waals surface area contributed by atoms with Crippen LogP contribution < -0.4 is 4.74 Å². The van der Waals surface area contributed by atoms with Gasteiger partial charge in [0.05, 0.1) is 18.6 Å². The molecule has 3 aromatic rings. The molecule has 0 saturated heterocycles. The number of hydrogen-bond acceptors (Lipinski definition) is 4. The number of hydrogen-bond donors (Lipinski definition) is 0. The highest BCUT2D eigenvalue weighted by Crippen LogP contribution is 2.43. The Morgan fingerprint density at radius 2 is 1.70 bits per heavy atom. The third-order valence-corrected chi connectivity index (χ3v) is 7.46. The van der Waals surface area contributed by atoms with E-state index in [4.69, 9.17) is 9.47 Å². The lowest BCUT2D eigenvalue weighted by Crippen LogP contribution is -2.36. The highest BCUT2D eigenvalue weighted by molar-refractivity contribution is 7.22. The summed E-state index contributed by atoms with van der Waals surface area (Å²) in [6, 6.07) is 10.9. The van der Waals surface area contributed by atoms with Crippen LogP contribution in [0.25, 0.3) is 20.5 Å². The normalized spacial score (nSPS) is 13.7. The molecule has 0 radical (unpaired) electrons. The predicted octanol–water partition coefficient (Wildman–Crippen LogP) is 9.78. The van der Waals surface area contributed by atoms with Crippen LogP contribution >= 0.6 is 11.3 Å². The topological polar surface area (TPSA) is 35.5 Å².